The van der Waals surface area contributed by atoms with Crippen LogP contribution in [0.3, 0.4) is 0 Å². The van der Waals surface area contributed by atoms with Gasteiger partial charge in [-0.1, -0.05) is 6.92 Å². The topological polar surface area (TPSA) is 37.3 Å². The van der Waals surface area contributed by atoms with Gasteiger partial charge in [0.15, 0.2) is 0 Å². The Kier molecular flexibility index (Phi) is 10.3. The van der Waals surface area contributed by atoms with Crippen molar-refractivity contribution in [3.63, 3.8) is 0 Å². The Morgan fingerprint density at radius 1 is 1.71 bits per heavy atom. The molecule has 1 N–H and O–H groups in total. The van der Waals surface area contributed by atoms with Gasteiger partial charge in [-0.05, 0) is 6.42 Å². The van der Waals surface area contributed by atoms with Crippen LogP contribution in [0.4, 0.5) is 0 Å². The molecule has 0 aliphatic carbocycles. The minimum atomic E-state index is -0.711. The molecule has 0 unspecified atom stereocenters. The summed E-state index contributed by atoms with van der Waals surface area (Å²) in [6.07, 6.45) is 1.02. The molecular formula is C4H8DyO2. The second-order valence-electron chi connectivity index (χ2n) is 1.14. The first kappa shape index (κ1) is 10.7. The maximum atomic E-state index is 9.60. The van der Waals surface area contributed by atoms with Crippen molar-refractivity contribution in [3.8, 4) is 0 Å². The molecule has 0 radical (unpaired) electrons. The summed E-state index contributed by atoms with van der Waals surface area (Å²) >= 11 is 0. The van der Waals surface area contributed by atoms with Gasteiger partial charge < -0.3 is 5.11 Å². The van der Waals surface area contributed by atoms with Crippen LogP contribution >= 0.6 is 0 Å². The summed E-state index contributed by atoms with van der Waals surface area (Å²) in [5.41, 5.74) is 0. The molecule has 0 bridgehead atoms. The number of rotatable bonds is 2. The van der Waals surface area contributed by atoms with Crippen LogP contribution in [-0.2, 0) is 4.79 Å². The summed E-state index contributed by atoms with van der Waals surface area (Å²) in [4.78, 5) is 9.60. The first-order valence-electron chi connectivity index (χ1n) is 1.99. The number of hydrogen-bond donors (Lipinski definition) is 1. The number of carbonyl (C=O) groups is 1. The second-order valence-corrected chi connectivity index (χ2v) is 1.14. The smallest absolute Gasteiger partial charge is 0.303 e. The van der Waals surface area contributed by atoms with Gasteiger partial charge in [0.25, 0.3) is 0 Å². The Balaban J connectivity index is 0. The summed E-state index contributed by atoms with van der Waals surface area (Å²) in [6.45, 7) is 1.84. The summed E-state index contributed by atoms with van der Waals surface area (Å²) in [5, 5.41) is 7.91. The molecule has 0 aliphatic heterocycles. The Hall–Kier alpha value is 0.743. The monoisotopic (exact) mass is 252 g/mol. The third-order valence-corrected chi connectivity index (χ3v) is 0.464. The van der Waals surface area contributed by atoms with Crippen molar-refractivity contribution in [1.82, 2.24) is 0 Å². The van der Waals surface area contributed by atoms with Crippen molar-refractivity contribution < 1.29 is 48.1 Å². The van der Waals surface area contributed by atoms with Crippen molar-refractivity contribution in [2.75, 3.05) is 0 Å². The quantitative estimate of drug-likeness (QED) is 0.790. The zero-order chi connectivity index (χ0) is 4.99. The van der Waals surface area contributed by atoms with E-state index in [2.05, 4.69) is 0 Å². The molecule has 0 spiro atoms. The molecule has 0 aromatic rings. The van der Waals surface area contributed by atoms with Crippen molar-refractivity contribution in [1.29, 1.82) is 0 Å². The zero-order valence-electron chi connectivity index (χ0n) is 4.09. The van der Waals surface area contributed by atoms with Crippen molar-refractivity contribution in [3.05, 3.63) is 0 Å². The Morgan fingerprint density at radius 2 is 2.14 bits per heavy atom. The summed E-state index contributed by atoms with van der Waals surface area (Å²) in [7, 11) is 0. The molecule has 0 aliphatic rings. The van der Waals surface area contributed by atoms with Crippen LogP contribution in [0.15, 0.2) is 0 Å². The molecule has 46 valence electrons. The van der Waals surface area contributed by atoms with E-state index in [-0.39, 0.29) is 38.2 Å². The second kappa shape index (κ2) is 6.74. The van der Waals surface area contributed by atoms with Crippen LogP contribution in [0, 0.1) is 38.2 Å². The largest absolute Gasteiger partial charge is 0.481 e. The van der Waals surface area contributed by atoms with Crippen molar-refractivity contribution in [2.24, 2.45) is 0 Å². The fourth-order valence-corrected chi connectivity index (χ4v) is 0.214. The molecule has 0 amide bonds. The average molecular weight is 251 g/mol. The van der Waals surface area contributed by atoms with Crippen molar-refractivity contribution >= 4 is 5.97 Å². The number of carboxylic acids is 1. The summed E-state index contributed by atoms with van der Waals surface area (Å²) in [5.74, 6) is -0.711. The van der Waals surface area contributed by atoms with E-state index >= 15 is 0 Å². The van der Waals surface area contributed by atoms with Crippen LogP contribution in [0.5, 0.6) is 0 Å². The third-order valence-electron chi connectivity index (χ3n) is 0.464. The minimum Gasteiger partial charge on any atom is -0.481 e. The van der Waals surface area contributed by atoms with Gasteiger partial charge in [-0.15, -0.1) is 0 Å². The van der Waals surface area contributed by atoms with Gasteiger partial charge in [0, 0.05) is 44.6 Å². The van der Waals surface area contributed by atoms with Crippen LogP contribution in [0.1, 0.15) is 19.8 Å². The standard InChI is InChI=1S/C4H8O2.Dy/c1-2-3-4(5)6;/h2-3H2,1H3,(H,5,6);. The minimum absolute atomic E-state index is 0. The van der Waals surface area contributed by atoms with E-state index in [9.17, 15) is 4.79 Å². The van der Waals surface area contributed by atoms with E-state index in [1.807, 2.05) is 6.92 Å². The maximum Gasteiger partial charge on any atom is 0.303 e. The Bertz CT molecular complexity index is 53.7. The predicted molar refractivity (Wildman–Crippen MR) is 22.5 cm³/mol. The molecule has 0 heterocycles. The van der Waals surface area contributed by atoms with Gasteiger partial charge >= 0.3 is 5.97 Å². The van der Waals surface area contributed by atoms with E-state index in [1.54, 1.807) is 0 Å². The van der Waals surface area contributed by atoms with Gasteiger partial charge in [-0.3, -0.25) is 4.79 Å². The molecule has 2 nitrogen and oxygen atoms in total. The predicted octanol–water partition coefficient (Wildman–Crippen LogP) is 0.871. The van der Waals surface area contributed by atoms with Gasteiger partial charge in [0.05, 0.1) is 0 Å². The summed E-state index contributed by atoms with van der Waals surface area (Å²) < 4.78 is 0. The number of hydrogen-bond acceptors (Lipinski definition) is 1. The van der Waals surface area contributed by atoms with Gasteiger partial charge in [0.1, 0.15) is 0 Å². The fraction of sp³-hybridized carbons (Fsp3) is 0.750. The molecule has 0 fully saturated rings. The van der Waals surface area contributed by atoms with Crippen LogP contribution in [-0.4, -0.2) is 11.1 Å². The van der Waals surface area contributed by atoms with Crippen LogP contribution in [0.25, 0.3) is 0 Å². The van der Waals surface area contributed by atoms with Crippen LogP contribution in [0.2, 0.25) is 0 Å². The molecule has 0 rings (SSSR count). The first-order chi connectivity index (χ1) is 2.77. The molecule has 7 heavy (non-hydrogen) atoms. The molecule has 0 aromatic carbocycles. The van der Waals surface area contributed by atoms with E-state index in [1.165, 1.54) is 0 Å². The van der Waals surface area contributed by atoms with Gasteiger partial charge in [-0.2, -0.15) is 0 Å². The Labute approximate surface area is 73.3 Å². The first-order valence-corrected chi connectivity index (χ1v) is 1.99. The molecule has 0 aromatic heterocycles. The third kappa shape index (κ3) is 10.8. The number of carboxylic acid groups (broad SMARTS) is 1. The van der Waals surface area contributed by atoms with Crippen LogP contribution < -0.4 is 0 Å². The SMILES string of the molecule is CCCC(=O)O.[Dy]. The van der Waals surface area contributed by atoms with E-state index < -0.39 is 5.97 Å². The van der Waals surface area contributed by atoms with E-state index in [0.717, 1.165) is 6.42 Å². The normalized spacial score (nSPS) is 7.00. The number of aliphatic carboxylic acids is 1. The van der Waals surface area contributed by atoms with E-state index in [0.29, 0.717) is 6.42 Å². The molecule has 0 saturated heterocycles. The van der Waals surface area contributed by atoms with Crippen molar-refractivity contribution in [2.45, 2.75) is 19.8 Å². The molecule has 3 heteroatoms. The van der Waals surface area contributed by atoms with Gasteiger partial charge in [-0.25, -0.2) is 0 Å². The molecule has 0 atom stereocenters. The van der Waals surface area contributed by atoms with Gasteiger partial charge in [0.2, 0.25) is 0 Å². The molecular weight excluding hydrogens is 243 g/mol. The molecule has 0 saturated carbocycles. The summed E-state index contributed by atoms with van der Waals surface area (Å²) in [6, 6.07) is 0. The zero-order valence-corrected chi connectivity index (χ0v) is 6.11. The Morgan fingerprint density at radius 3 is 2.14 bits per heavy atom. The fourth-order valence-electron chi connectivity index (χ4n) is 0.214. The maximum absolute atomic E-state index is 9.60. The average Bonchev–Trinajstić information content (AvgIpc) is 1.35. The van der Waals surface area contributed by atoms with E-state index in [4.69, 9.17) is 5.11 Å².